The van der Waals surface area contributed by atoms with Crippen LogP contribution in [0.4, 0.5) is 8.78 Å². The van der Waals surface area contributed by atoms with Gasteiger partial charge in [0.25, 0.3) is 6.01 Å². The van der Waals surface area contributed by atoms with Crippen molar-refractivity contribution in [3.8, 4) is 28.4 Å². The van der Waals surface area contributed by atoms with E-state index in [-0.39, 0.29) is 37.1 Å². The molecular formula is C28H24ClF2N3O3. The Balaban J connectivity index is 1.09. The van der Waals surface area contributed by atoms with E-state index in [1.807, 2.05) is 48.5 Å². The molecule has 4 aromatic rings. The van der Waals surface area contributed by atoms with E-state index < -0.39 is 5.92 Å². The van der Waals surface area contributed by atoms with E-state index in [1.54, 1.807) is 6.07 Å². The van der Waals surface area contributed by atoms with Crippen LogP contribution >= 0.6 is 11.6 Å². The van der Waals surface area contributed by atoms with E-state index >= 15 is 0 Å². The van der Waals surface area contributed by atoms with Gasteiger partial charge in [0.05, 0.1) is 28.9 Å². The van der Waals surface area contributed by atoms with Gasteiger partial charge >= 0.3 is 0 Å². The van der Waals surface area contributed by atoms with Gasteiger partial charge in [-0.1, -0.05) is 60.1 Å². The van der Waals surface area contributed by atoms with Crippen molar-refractivity contribution in [2.45, 2.75) is 49.4 Å². The molecule has 2 aromatic carbocycles. The number of fused-ring (bicyclic) bond motifs is 2. The molecule has 1 N–H and O–H groups in total. The number of H-pyrrole nitrogens is 1. The van der Waals surface area contributed by atoms with Crippen molar-refractivity contribution in [2.75, 3.05) is 13.2 Å². The summed E-state index contributed by atoms with van der Waals surface area (Å²) in [5, 5.41) is 0.500. The number of aromatic nitrogens is 3. The molecule has 0 spiro atoms. The largest absolute Gasteiger partial charge is 0.456 e. The van der Waals surface area contributed by atoms with Crippen LogP contribution in [-0.4, -0.2) is 52.4 Å². The highest BCUT2D eigenvalue weighted by molar-refractivity contribution is 6.33. The Hall–Kier alpha value is -3.07. The predicted molar refractivity (Wildman–Crippen MR) is 135 cm³/mol. The first-order valence-corrected chi connectivity index (χ1v) is 12.8. The molecule has 1 saturated carbocycles. The van der Waals surface area contributed by atoms with Crippen LogP contribution in [0.2, 0.25) is 5.02 Å². The molecule has 1 unspecified atom stereocenters. The van der Waals surface area contributed by atoms with Gasteiger partial charge in [-0.15, -0.1) is 0 Å². The number of ether oxygens (including phenoxy) is 3. The smallest absolute Gasteiger partial charge is 0.296 e. The van der Waals surface area contributed by atoms with Crippen molar-refractivity contribution >= 4 is 22.8 Å². The highest BCUT2D eigenvalue weighted by atomic mass is 35.5. The molecule has 0 bridgehead atoms. The predicted octanol–water partition coefficient (Wildman–Crippen LogP) is 6.39. The Morgan fingerprint density at radius 1 is 0.946 bits per heavy atom. The monoisotopic (exact) mass is 523 g/mol. The number of nitrogens with zero attached hydrogens (tertiary/aromatic N) is 2. The molecule has 37 heavy (non-hydrogen) atoms. The summed E-state index contributed by atoms with van der Waals surface area (Å²) in [6.07, 6.45) is 0.569. The lowest BCUT2D eigenvalue weighted by Gasteiger charge is -2.35. The van der Waals surface area contributed by atoms with E-state index in [2.05, 4.69) is 15.0 Å². The van der Waals surface area contributed by atoms with Gasteiger partial charge < -0.3 is 19.2 Å². The SMILES string of the molecule is FC1(F)CC(c2ccc(-c3ccc(-c4nc5nc(OC6CO[C@@H]7CCO[C@H]67)[nH]c5cc4Cl)cc3)cc2)C1. The molecule has 2 aromatic heterocycles. The molecule has 1 aliphatic carbocycles. The number of nitrogens with one attached hydrogen (secondary N) is 1. The molecule has 4 heterocycles. The number of imidazole rings is 1. The molecule has 9 heteroatoms. The van der Waals surface area contributed by atoms with Gasteiger partial charge in [0, 0.05) is 25.0 Å². The van der Waals surface area contributed by atoms with Gasteiger partial charge in [-0.3, -0.25) is 0 Å². The van der Waals surface area contributed by atoms with Crippen molar-refractivity contribution < 1.29 is 23.0 Å². The number of pyridine rings is 1. The van der Waals surface area contributed by atoms with Gasteiger partial charge in [0.2, 0.25) is 5.92 Å². The van der Waals surface area contributed by atoms with Crippen LogP contribution < -0.4 is 4.74 Å². The van der Waals surface area contributed by atoms with Crippen LogP contribution in [0.3, 0.4) is 0 Å². The van der Waals surface area contributed by atoms with Crippen LogP contribution in [0.15, 0.2) is 54.6 Å². The lowest BCUT2D eigenvalue weighted by molar-refractivity contribution is -0.0867. The summed E-state index contributed by atoms with van der Waals surface area (Å²) in [6, 6.07) is 18.0. The van der Waals surface area contributed by atoms with Crippen molar-refractivity contribution in [3.63, 3.8) is 0 Å². The van der Waals surface area contributed by atoms with Gasteiger partial charge in [0.15, 0.2) is 11.8 Å². The third kappa shape index (κ3) is 4.27. The van der Waals surface area contributed by atoms with Gasteiger partial charge in [-0.25, -0.2) is 13.8 Å². The van der Waals surface area contributed by atoms with Gasteiger partial charge in [-0.05, 0) is 35.1 Å². The first-order valence-electron chi connectivity index (χ1n) is 12.5. The number of halogens is 3. The lowest BCUT2D eigenvalue weighted by Crippen LogP contribution is -2.33. The molecule has 6 nitrogen and oxygen atoms in total. The zero-order valence-corrected chi connectivity index (χ0v) is 20.6. The minimum absolute atomic E-state index is 0.0537. The van der Waals surface area contributed by atoms with Crippen molar-refractivity contribution in [1.29, 1.82) is 0 Å². The van der Waals surface area contributed by atoms with Crippen molar-refractivity contribution in [2.24, 2.45) is 0 Å². The number of benzene rings is 2. The molecular weight excluding hydrogens is 500 g/mol. The average molecular weight is 524 g/mol. The third-order valence-corrected chi connectivity index (χ3v) is 7.84. The molecule has 3 aliphatic rings. The van der Waals surface area contributed by atoms with Gasteiger partial charge in [0.1, 0.15) is 6.10 Å². The number of hydrogen-bond donors (Lipinski definition) is 1. The van der Waals surface area contributed by atoms with Crippen LogP contribution in [0.5, 0.6) is 6.01 Å². The second kappa shape index (κ2) is 8.75. The number of hydrogen-bond acceptors (Lipinski definition) is 5. The van der Waals surface area contributed by atoms with Crippen LogP contribution in [0.1, 0.15) is 30.7 Å². The van der Waals surface area contributed by atoms with E-state index in [0.717, 1.165) is 28.7 Å². The first-order chi connectivity index (χ1) is 17.9. The second-order valence-corrected chi connectivity index (χ2v) is 10.5. The summed E-state index contributed by atoms with van der Waals surface area (Å²) in [7, 11) is 0. The molecule has 2 saturated heterocycles. The van der Waals surface area contributed by atoms with Crippen molar-refractivity contribution in [1.82, 2.24) is 15.0 Å². The topological polar surface area (TPSA) is 69.3 Å². The molecule has 190 valence electrons. The fourth-order valence-corrected chi connectivity index (χ4v) is 5.75. The second-order valence-electron chi connectivity index (χ2n) is 10.0. The fraction of sp³-hybridized carbons (Fsp3) is 0.357. The highest BCUT2D eigenvalue weighted by Crippen LogP contribution is 2.48. The van der Waals surface area contributed by atoms with E-state index in [1.165, 1.54) is 0 Å². The zero-order chi connectivity index (χ0) is 25.1. The fourth-order valence-electron chi connectivity index (χ4n) is 5.49. The quantitative estimate of drug-likeness (QED) is 0.328. The molecule has 3 atom stereocenters. The van der Waals surface area contributed by atoms with E-state index in [4.69, 9.17) is 25.8 Å². The first kappa shape index (κ1) is 23.1. The summed E-state index contributed by atoms with van der Waals surface area (Å²) in [6.45, 7) is 1.15. The summed E-state index contributed by atoms with van der Waals surface area (Å²) >= 11 is 6.59. The molecule has 0 amide bonds. The molecule has 0 radical (unpaired) electrons. The Bertz CT molecular complexity index is 1450. The Morgan fingerprint density at radius 2 is 1.65 bits per heavy atom. The summed E-state index contributed by atoms with van der Waals surface area (Å²) in [5.41, 5.74) is 5.70. The number of aromatic amines is 1. The zero-order valence-electron chi connectivity index (χ0n) is 19.8. The summed E-state index contributed by atoms with van der Waals surface area (Å²) < 4.78 is 43.9. The van der Waals surface area contributed by atoms with Crippen LogP contribution in [0.25, 0.3) is 33.5 Å². The lowest BCUT2D eigenvalue weighted by atomic mass is 9.76. The highest BCUT2D eigenvalue weighted by Gasteiger charge is 2.46. The maximum atomic E-state index is 13.2. The third-order valence-electron chi connectivity index (χ3n) is 7.55. The Kier molecular flexibility index (Phi) is 5.46. The van der Waals surface area contributed by atoms with E-state index in [9.17, 15) is 8.78 Å². The van der Waals surface area contributed by atoms with Crippen molar-refractivity contribution in [3.05, 3.63) is 65.2 Å². The Morgan fingerprint density at radius 3 is 2.38 bits per heavy atom. The maximum Gasteiger partial charge on any atom is 0.296 e. The van der Waals surface area contributed by atoms with E-state index in [0.29, 0.717) is 41.1 Å². The minimum atomic E-state index is -2.51. The number of rotatable bonds is 5. The van der Waals surface area contributed by atoms with Crippen LogP contribution in [-0.2, 0) is 9.47 Å². The maximum absolute atomic E-state index is 13.2. The normalized spacial score (nSPS) is 24.8. The number of alkyl halides is 2. The standard InChI is InChI=1S/C28H24ClF2N3O3/c29-20-11-21-26(34-27(32-21)37-23-14-36-22-9-10-35-25(22)23)33-24(20)18-7-5-16(6-8-18)15-1-3-17(4-2-15)19-12-28(30,31)13-19/h1-8,11,19,22-23,25H,9-10,12-14H2,(H,32,33,34)/t22-,23?,25+/m1/s1. The van der Waals surface area contributed by atoms with Crippen LogP contribution in [0, 0.1) is 0 Å². The summed E-state index contributed by atoms with van der Waals surface area (Å²) in [5.74, 6) is -2.57. The molecule has 2 aliphatic heterocycles. The average Bonchev–Trinajstić information content (AvgIpc) is 3.59. The Labute approximate surface area is 216 Å². The molecule has 7 rings (SSSR count). The molecule has 3 fully saturated rings. The summed E-state index contributed by atoms with van der Waals surface area (Å²) in [4.78, 5) is 12.4. The minimum Gasteiger partial charge on any atom is -0.456 e. The van der Waals surface area contributed by atoms with Gasteiger partial charge in [-0.2, -0.15) is 4.98 Å².